The minimum Gasteiger partial charge on any atom is -0.481 e. The summed E-state index contributed by atoms with van der Waals surface area (Å²) < 4.78 is 0. The van der Waals surface area contributed by atoms with Crippen molar-refractivity contribution < 1.29 is 9.90 Å². The van der Waals surface area contributed by atoms with Gasteiger partial charge < -0.3 is 10.0 Å². The van der Waals surface area contributed by atoms with Crippen LogP contribution < -0.4 is 0 Å². The van der Waals surface area contributed by atoms with Crippen molar-refractivity contribution in [3.8, 4) is 0 Å². The smallest absolute Gasteiger partial charge is 0.308 e. The van der Waals surface area contributed by atoms with Gasteiger partial charge in [0.05, 0.1) is 5.92 Å². The van der Waals surface area contributed by atoms with Crippen molar-refractivity contribution in [3.63, 3.8) is 0 Å². The highest BCUT2D eigenvalue weighted by Crippen LogP contribution is 2.30. The Bertz CT molecular complexity index is 237. The van der Waals surface area contributed by atoms with Gasteiger partial charge in [0.1, 0.15) is 0 Å². The first-order chi connectivity index (χ1) is 7.18. The lowest BCUT2D eigenvalue weighted by Gasteiger charge is -2.37. The fourth-order valence-electron chi connectivity index (χ4n) is 2.82. The fourth-order valence-corrected chi connectivity index (χ4v) is 2.82. The van der Waals surface area contributed by atoms with Crippen molar-refractivity contribution in [2.75, 3.05) is 33.2 Å². The summed E-state index contributed by atoms with van der Waals surface area (Å²) in [6.45, 7) is 4.21. The van der Waals surface area contributed by atoms with Gasteiger partial charge in [-0.2, -0.15) is 0 Å². The van der Waals surface area contributed by atoms with Crippen LogP contribution in [0.1, 0.15) is 19.3 Å². The fraction of sp³-hybridized carbons (Fsp3) is 0.909. The maximum absolute atomic E-state index is 11.1. The number of piperazine rings is 1. The molecule has 0 radical (unpaired) electrons. The van der Waals surface area contributed by atoms with Gasteiger partial charge in [-0.15, -0.1) is 0 Å². The van der Waals surface area contributed by atoms with Crippen LogP contribution in [0.3, 0.4) is 0 Å². The van der Waals surface area contributed by atoms with E-state index in [9.17, 15) is 4.79 Å². The van der Waals surface area contributed by atoms with E-state index in [1.54, 1.807) is 0 Å². The third kappa shape index (κ3) is 2.32. The Hall–Kier alpha value is -0.610. The Morgan fingerprint density at radius 3 is 2.47 bits per heavy atom. The molecule has 0 amide bonds. The molecular formula is C11H20N2O2. The van der Waals surface area contributed by atoms with Gasteiger partial charge in [0.25, 0.3) is 0 Å². The molecule has 4 heteroatoms. The Kier molecular flexibility index (Phi) is 3.26. The van der Waals surface area contributed by atoms with E-state index in [-0.39, 0.29) is 5.92 Å². The molecule has 2 fully saturated rings. The quantitative estimate of drug-likeness (QED) is 0.723. The highest BCUT2D eigenvalue weighted by Gasteiger charge is 2.37. The number of rotatable bonds is 2. The molecule has 0 aromatic rings. The topological polar surface area (TPSA) is 43.8 Å². The van der Waals surface area contributed by atoms with Gasteiger partial charge in [-0.1, -0.05) is 6.42 Å². The van der Waals surface area contributed by atoms with Gasteiger partial charge in [0.2, 0.25) is 0 Å². The third-order valence-electron chi connectivity index (χ3n) is 3.80. The van der Waals surface area contributed by atoms with Gasteiger partial charge in [-0.3, -0.25) is 9.69 Å². The lowest BCUT2D eigenvalue weighted by molar-refractivity contribution is -0.143. The monoisotopic (exact) mass is 212 g/mol. The normalized spacial score (nSPS) is 34.5. The van der Waals surface area contributed by atoms with Crippen molar-refractivity contribution in [2.24, 2.45) is 5.92 Å². The first kappa shape index (κ1) is 10.9. The first-order valence-electron chi connectivity index (χ1n) is 5.84. The molecule has 2 atom stereocenters. The van der Waals surface area contributed by atoms with E-state index >= 15 is 0 Å². The number of likely N-dealkylation sites (N-methyl/N-ethyl adjacent to an activating group) is 1. The summed E-state index contributed by atoms with van der Waals surface area (Å²) in [7, 11) is 2.13. The zero-order chi connectivity index (χ0) is 10.8. The molecule has 2 unspecified atom stereocenters. The summed E-state index contributed by atoms with van der Waals surface area (Å²) in [4.78, 5) is 15.8. The second-order valence-corrected chi connectivity index (χ2v) is 4.78. The number of carbonyl (C=O) groups is 1. The van der Waals surface area contributed by atoms with Crippen LogP contribution in [-0.2, 0) is 4.79 Å². The number of hydrogen-bond acceptors (Lipinski definition) is 3. The second kappa shape index (κ2) is 4.49. The largest absolute Gasteiger partial charge is 0.481 e. The first-order valence-corrected chi connectivity index (χ1v) is 5.84. The molecule has 4 nitrogen and oxygen atoms in total. The van der Waals surface area contributed by atoms with Crippen LogP contribution in [0.5, 0.6) is 0 Å². The van der Waals surface area contributed by atoms with Crippen molar-refractivity contribution >= 4 is 5.97 Å². The van der Waals surface area contributed by atoms with Gasteiger partial charge in [-0.05, 0) is 19.9 Å². The molecule has 1 aliphatic carbocycles. The van der Waals surface area contributed by atoms with Gasteiger partial charge in [-0.25, -0.2) is 0 Å². The van der Waals surface area contributed by atoms with Crippen molar-refractivity contribution in [1.82, 2.24) is 9.80 Å². The SMILES string of the molecule is CN1CCN(C2CCCC2C(=O)O)CC1. The number of carboxylic acids is 1. The second-order valence-electron chi connectivity index (χ2n) is 4.78. The molecule has 0 spiro atoms. The van der Waals surface area contributed by atoms with Crippen molar-refractivity contribution in [3.05, 3.63) is 0 Å². The van der Waals surface area contributed by atoms with Crippen molar-refractivity contribution in [1.29, 1.82) is 0 Å². The summed E-state index contributed by atoms with van der Waals surface area (Å²) in [6, 6.07) is 0.302. The summed E-state index contributed by atoms with van der Waals surface area (Å²) >= 11 is 0. The van der Waals surface area contributed by atoms with E-state index in [0.717, 1.165) is 45.4 Å². The van der Waals surface area contributed by atoms with E-state index in [0.29, 0.717) is 6.04 Å². The molecule has 0 aromatic carbocycles. The predicted octanol–water partition coefficient (Wildman–Crippen LogP) is 0.487. The van der Waals surface area contributed by atoms with Crippen LogP contribution >= 0.6 is 0 Å². The lowest BCUT2D eigenvalue weighted by Crippen LogP contribution is -2.51. The number of carboxylic acid groups (broad SMARTS) is 1. The van der Waals surface area contributed by atoms with E-state index in [4.69, 9.17) is 5.11 Å². The summed E-state index contributed by atoms with van der Waals surface area (Å²) in [5.74, 6) is -0.718. The summed E-state index contributed by atoms with van der Waals surface area (Å²) in [6.07, 6.45) is 3.01. The summed E-state index contributed by atoms with van der Waals surface area (Å²) in [5, 5.41) is 9.13. The van der Waals surface area contributed by atoms with Crippen LogP contribution in [-0.4, -0.2) is 60.1 Å². The molecule has 2 aliphatic rings. The molecule has 15 heavy (non-hydrogen) atoms. The maximum atomic E-state index is 11.1. The minimum absolute atomic E-state index is 0.117. The Morgan fingerprint density at radius 2 is 1.87 bits per heavy atom. The zero-order valence-electron chi connectivity index (χ0n) is 9.35. The molecule has 1 heterocycles. The molecule has 0 bridgehead atoms. The standard InChI is InChI=1S/C11H20N2O2/c1-12-5-7-13(8-6-12)10-4-2-3-9(10)11(14)15/h9-10H,2-8H2,1H3,(H,14,15). The van der Waals surface area contributed by atoms with Crippen LogP contribution in [0.2, 0.25) is 0 Å². The average Bonchev–Trinajstić information content (AvgIpc) is 2.67. The third-order valence-corrected chi connectivity index (χ3v) is 3.80. The molecule has 1 saturated carbocycles. The lowest BCUT2D eigenvalue weighted by atomic mass is 10.0. The Labute approximate surface area is 90.9 Å². The summed E-state index contributed by atoms with van der Waals surface area (Å²) in [5.41, 5.74) is 0. The number of aliphatic carboxylic acids is 1. The zero-order valence-corrected chi connectivity index (χ0v) is 9.35. The van der Waals surface area contributed by atoms with Crippen LogP contribution in [0.4, 0.5) is 0 Å². The molecule has 1 saturated heterocycles. The van der Waals surface area contributed by atoms with Crippen LogP contribution in [0.25, 0.3) is 0 Å². The molecule has 1 N–H and O–H groups in total. The van der Waals surface area contributed by atoms with Gasteiger partial charge in [0.15, 0.2) is 0 Å². The molecule has 2 rings (SSSR count). The Balaban J connectivity index is 1.94. The highest BCUT2D eigenvalue weighted by atomic mass is 16.4. The number of nitrogens with zero attached hydrogens (tertiary/aromatic N) is 2. The predicted molar refractivity (Wildman–Crippen MR) is 57.8 cm³/mol. The van der Waals surface area contributed by atoms with E-state index in [1.165, 1.54) is 0 Å². The minimum atomic E-state index is -0.601. The maximum Gasteiger partial charge on any atom is 0.308 e. The molecular weight excluding hydrogens is 192 g/mol. The van der Waals surface area contributed by atoms with E-state index in [2.05, 4.69) is 16.8 Å². The van der Waals surface area contributed by atoms with E-state index < -0.39 is 5.97 Å². The Morgan fingerprint density at radius 1 is 1.20 bits per heavy atom. The van der Waals surface area contributed by atoms with Crippen LogP contribution in [0, 0.1) is 5.92 Å². The molecule has 1 aliphatic heterocycles. The number of hydrogen-bond donors (Lipinski definition) is 1. The van der Waals surface area contributed by atoms with Crippen LogP contribution in [0.15, 0.2) is 0 Å². The molecule has 86 valence electrons. The highest BCUT2D eigenvalue weighted by molar-refractivity contribution is 5.71. The van der Waals surface area contributed by atoms with E-state index in [1.807, 2.05) is 0 Å². The molecule has 0 aromatic heterocycles. The van der Waals surface area contributed by atoms with Gasteiger partial charge in [0, 0.05) is 32.2 Å². The average molecular weight is 212 g/mol. The van der Waals surface area contributed by atoms with Crippen molar-refractivity contribution in [2.45, 2.75) is 25.3 Å². The van der Waals surface area contributed by atoms with Gasteiger partial charge >= 0.3 is 5.97 Å².